The van der Waals surface area contributed by atoms with Gasteiger partial charge in [0, 0.05) is 23.2 Å². The van der Waals surface area contributed by atoms with E-state index in [1.807, 2.05) is 30.3 Å². The van der Waals surface area contributed by atoms with Crippen molar-refractivity contribution in [2.45, 2.75) is 31.8 Å². The second-order valence-electron chi connectivity index (χ2n) is 6.64. The molecule has 0 amide bonds. The summed E-state index contributed by atoms with van der Waals surface area (Å²) in [5.74, 6) is -0.365. The van der Waals surface area contributed by atoms with Crippen LogP contribution in [0.15, 0.2) is 53.7 Å². The molecule has 0 aliphatic heterocycles. The first kappa shape index (κ1) is 16.5. The highest BCUT2D eigenvalue weighted by Gasteiger charge is 2.30. The zero-order valence-electron chi connectivity index (χ0n) is 14.6. The van der Waals surface area contributed by atoms with E-state index in [1.165, 1.54) is 7.11 Å². The molecule has 0 bridgehead atoms. The average molecular weight is 348 g/mol. The summed E-state index contributed by atoms with van der Waals surface area (Å²) >= 11 is 0. The number of fused-ring (bicyclic) bond motifs is 3. The van der Waals surface area contributed by atoms with Crippen molar-refractivity contribution >= 4 is 16.9 Å². The quantitative estimate of drug-likeness (QED) is 0.510. The van der Waals surface area contributed by atoms with Crippen LogP contribution in [0.2, 0.25) is 0 Å². The molecule has 0 saturated heterocycles. The van der Waals surface area contributed by atoms with Gasteiger partial charge in [0.2, 0.25) is 0 Å². The molecular weight excluding hydrogens is 328 g/mol. The number of carbonyl (C=O) groups is 1. The summed E-state index contributed by atoms with van der Waals surface area (Å²) in [6, 6.07) is 15.4. The second-order valence-corrected chi connectivity index (χ2v) is 6.64. The smallest absolute Gasteiger partial charge is 0.340 e. The summed E-state index contributed by atoms with van der Waals surface area (Å²) in [6.45, 7) is 0.645. The number of rotatable bonds is 4. The first-order valence-corrected chi connectivity index (χ1v) is 8.83. The van der Waals surface area contributed by atoms with E-state index in [1.54, 1.807) is 6.07 Å². The molecule has 0 fully saturated rings. The summed E-state index contributed by atoms with van der Waals surface area (Å²) in [4.78, 5) is 23.8. The Kier molecular flexibility index (Phi) is 4.29. The molecule has 26 heavy (non-hydrogen) atoms. The van der Waals surface area contributed by atoms with Gasteiger partial charge in [0.25, 0.3) is 0 Å². The van der Waals surface area contributed by atoms with Crippen molar-refractivity contribution in [3.8, 4) is 0 Å². The van der Waals surface area contributed by atoms with Crippen LogP contribution in [-0.2, 0) is 17.7 Å². The zero-order chi connectivity index (χ0) is 18.1. The van der Waals surface area contributed by atoms with Crippen LogP contribution in [0.4, 0.5) is 0 Å². The molecule has 1 atom stereocenters. The molecule has 5 nitrogen and oxygen atoms in total. The number of nitrogens with zero attached hydrogens (tertiary/aromatic N) is 2. The first-order chi connectivity index (χ1) is 12.7. The Morgan fingerprint density at radius 3 is 2.73 bits per heavy atom. The second kappa shape index (κ2) is 6.75. The monoisotopic (exact) mass is 348 g/mol. The number of nitroso groups, excluding NO2 is 1. The Bertz CT molecular complexity index is 976. The number of aromatic nitrogens is 1. The molecule has 1 aromatic heterocycles. The van der Waals surface area contributed by atoms with Crippen molar-refractivity contribution in [1.82, 2.24) is 4.57 Å². The third kappa shape index (κ3) is 2.60. The van der Waals surface area contributed by atoms with Crippen LogP contribution < -0.4 is 0 Å². The van der Waals surface area contributed by atoms with Gasteiger partial charge >= 0.3 is 5.97 Å². The van der Waals surface area contributed by atoms with Crippen LogP contribution in [0, 0.1) is 4.91 Å². The van der Waals surface area contributed by atoms with E-state index in [-0.39, 0.29) is 12.0 Å². The minimum absolute atomic E-state index is 0.355. The lowest BCUT2D eigenvalue weighted by molar-refractivity contribution is 0.0602. The Morgan fingerprint density at radius 2 is 2.00 bits per heavy atom. The molecule has 5 heteroatoms. The molecule has 1 heterocycles. The van der Waals surface area contributed by atoms with Crippen LogP contribution in [-0.4, -0.2) is 17.6 Å². The van der Waals surface area contributed by atoms with Crippen LogP contribution in [0.5, 0.6) is 0 Å². The van der Waals surface area contributed by atoms with Gasteiger partial charge in [0.1, 0.15) is 6.04 Å². The van der Waals surface area contributed by atoms with Crippen molar-refractivity contribution in [2.24, 2.45) is 5.18 Å². The van der Waals surface area contributed by atoms with Crippen LogP contribution in [0.3, 0.4) is 0 Å². The summed E-state index contributed by atoms with van der Waals surface area (Å²) in [6.07, 6.45) is 2.55. The molecule has 2 aromatic carbocycles. The Balaban J connectivity index is 2.01. The van der Waals surface area contributed by atoms with Gasteiger partial charge in [-0.1, -0.05) is 47.6 Å². The molecule has 0 radical (unpaired) electrons. The maximum atomic E-state index is 12.4. The normalized spacial score (nSPS) is 16.3. The van der Waals surface area contributed by atoms with E-state index in [9.17, 15) is 9.70 Å². The van der Waals surface area contributed by atoms with Gasteiger partial charge in [-0.25, -0.2) is 4.79 Å². The van der Waals surface area contributed by atoms with Gasteiger partial charge in [-0.15, -0.1) is 0 Å². The van der Waals surface area contributed by atoms with Crippen LogP contribution in [0.1, 0.15) is 46.1 Å². The highest BCUT2D eigenvalue weighted by atomic mass is 16.5. The number of hydrogen-bond acceptors (Lipinski definition) is 4. The van der Waals surface area contributed by atoms with Gasteiger partial charge in [-0.2, -0.15) is 4.91 Å². The van der Waals surface area contributed by atoms with Gasteiger partial charge in [-0.3, -0.25) is 0 Å². The first-order valence-electron chi connectivity index (χ1n) is 8.83. The molecular formula is C21H20N2O3. The topological polar surface area (TPSA) is 60.7 Å². The summed E-state index contributed by atoms with van der Waals surface area (Å²) in [5.41, 5.74) is 4.59. The number of esters is 1. The number of carbonyl (C=O) groups excluding carboxylic acids is 1. The number of ether oxygens (including phenoxy) is 1. The summed E-state index contributed by atoms with van der Waals surface area (Å²) in [7, 11) is 1.39. The van der Waals surface area contributed by atoms with Crippen molar-refractivity contribution in [2.75, 3.05) is 7.11 Å². The van der Waals surface area contributed by atoms with Crippen molar-refractivity contribution < 1.29 is 9.53 Å². The van der Waals surface area contributed by atoms with Crippen molar-refractivity contribution in [1.29, 1.82) is 0 Å². The highest BCUT2D eigenvalue weighted by Crippen LogP contribution is 2.41. The van der Waals surface area contributed by atoms with Gasteiger partial charge in [-0.05, 0) is 30.9 Å². The fourth-order valence-electron chi connectivity index (χ4n) is 4.06. The predicted octanol–water partition coefficient (Wildman–Crippen LogP) is 4.62. The van der Waals surface area contributed by atoms with E-state index >= 15 is 0 Å². The van der Waals surface area contributed by atoms with E-state index in [4.69, 9.17) is 4.74 Å². The minimum atomic E-state index is -0.365. The lowest BCUT2D eigenvalue weighted by Gasteiger charge is -2.19. The van der Waals surface area contributed by atoms with E-state index in [0.29, 0.717) is 12.1 Å². The summed E-state index contributed by atoms with van der Waals surface area (Å²) in [5, 5.41) is 4.31. The van der Waals surface area contributed by atoms with E-state index < -0.39 is 0 Å². The fourth-order valence-corrected chi connectivity index (χ4v) is 4.06. The van der Waals surface area contributed by atoms with Crippen LogP contribution in [0.25, 0.3) is 10.9 Å². The third-order valence-electron chi connectivity index (χ3n) is 5.17. The number of hydrogen-bond donors (Lipinski definition) is 0. The fraction of sp³-hybridized carbons (Fsp3) is 0.286. The third-order valence-corrected chi connectivity index (χ3v) is 5.17. The molecule has 1 aliphatic carbocycles. The molecule has 0 spiro atoms. The van der Waals surface area contributed by atoms with Crippen molar-refractivity contribution in [3.63, 3.8) is 0 Å². The molecule has 0 saturated carbocycles. The summed E-state index contributed by atoms with van der Waals surface area (Å²) < 4.78 is 7.17. The highest BCUT2D eigenvalue weighted by molar-refractivity contribution is 6.05. The SMILES string of the molecule is COC(=O)c1cccc2c3c(n(Cc4ccccc4)c12)CCCC3N=O. The number of benzene rings is 2. The van der Waals surface area contributed by atoms with Crippen molar-refractivity contribution in [3.05, 3.63) is 75.8 Å². The Hall–Kier alpha value is -2.95. The predicted molar refractivity (Wildman–Crippen MR) is 100 cm³/mol. The van der Waals surface area contributed by atoms with E-state index in [0.717, 1.165) is 47.0 Å². The lowest BCUT2D eigenvalue weighted by atomic mass is 9.91. The molecule has 132 valence electrons. The average Bonchev–Trinajstić information content (AvgIpc) is 3.02. The Labute approximate surface area is 151 Å². The van der Waals surface area contributed by atoms with Gasteiger partial charge in [0.15, 0.2) is 0 Å². The molecule has 3 aromatic rings. The van der Waals surface area contributed by atoms with E-state index in [2.05, 4.69) is 21.9 Å². The van der Waals surface area contributed by atoms with Crippen LogP contribution >= 0.6 is 0 Å². The molecule has 0 N–H and O–H groups in total. The maximum absolute atomic E-state index is 12.4. The van der Waals surface area contributed by atoms with Gasteiger partial charge in [0.05, 0.1) is 18.2 Å². The largest absolute Gasteiger partial charge is 0.465 e. The number of para-hydroxylation sites is 1. The minimum Gasteiger partial charge on any atom is -0.465 e. The maximum Gasteiger partial charge on any atom is 0.340 e. The standard InChI is InChI=1S/C21H20N2O3/c1-26-21(24)16-10-5-9-15-19-17(22-25)11-6-12-18(19)23(20(15)16)13-14-7-3-2-4-8-14/h2-5,7-10,17H,6,11-13H2,1H3. The molecule has 1 aliphatic rings. The molecule has 1 unspecified atom stereocenters. The Morgan fingerprint density at radius 1 is 1.19 bits per heavy atom. The zero-order valence-corrected chi connectivity index (χ0v) is 14.6. The lowest BCUT2D eigenvalue weighted by Crippen LogP contribution is -2.12. The van der Waals surface area contributed by atoms with Gasteiger partial charge < -0.3 is 9.30 Å². The number of methoxy groups -OCH3 is 1. The molecule has 4 rings (SSSR count).